The predicted molar refractivity (Wildman–Crippen MR) is 67.0 cm³/mol. The van der Waals surface area contributed by atoms with Crippen LogP contribution in [0.1, 0.15) is 28.7 Å². The van der Waals surface area contributed by atoms with Crippen molar-refractivity contribution in [3.8, 4) is 0 Å². The van der Waals surface area contributed by atoms with Gasteiger partial charge in [0.1, 0.15) is 17.3 Å². The second-order valence-electron chi connectivity index (χ2n) is 4.38. The Bertz CT molecular complexity index is 600. The van der Waals surface area contributed by atoms with Crippen LogP contribution in [0.25, 0.3) is 0 Å². The number of carbonyl (C=O) groups is 1. The van der Waals surface area contributed by atoms with Crippen LogP contribution in [0.3, 0.4) is 0 Å². The average molecular weight is 264 g/mol. The minimum Gasteiger partial charge on any atom is -0.292 e. The molecule has 0 saturated heterocycles. The van der Waals surface area contributed by atoms with Crippen molar-refractivity contribution < 1.29 is 13.6 Å². The molecule has 3 nitrogen and oxygen atoms in total. The van der Waals surface area contributed by atoms with E-state index in [1.807, 2.05) is 6.92 Å². The maximum Gasteiger partial charge on any atom is 0.185 e. The molecule has 5 heteroatoms. The summed E-state index contributed by atoms with van der Waals surface area (Å²) in [5.41, 5.74) is 1.58. The molecular formula is C14H14F2N2O. The van der Waals surface area contributed by atoms with Crippen LogP contribution in [-0.2, 0) is 19.9 Å². The minimum atomic E-state index is -0.679. The van der Waals surface area contributed by atoms with Gasteiger partial charge in [-0.05, 0) is 30.2 Å². The fraction of sp³-hybridized carbons (Fsp3) is 0.286. The quantitative estimate of drug-likeness (QED) is 0.796. The van der Waals surface area contributed by atoms with Crippen molar-refractivity contribution >= 4 is 5.78 Å². The van der Waals surface area contributed by atoms with Crippen LogP contribution < -0.4 is 0 Å². The Morgan fingerprint density at radius 3 is 2.37 bits per heavy atom. The summed E-state index contributed by atoms with van der Waals surface area (Å²) < 4.78 is 27.6. The van der Waals surface area contributed by atoms with Gasteiger partial charge in [0.15, 0.2) is 5.78 Å². The number of benzene rings is 1. The Balaban J connectivity index is 2.22. The second kappa shape index (κ2) is 5.30. The molecule has 1 aromatic carbocycles. The summed E-state index contributed by atoms with van der Waals surface area (Å²) >= 11 is 0. The van der Waals surface area contributed by atoms with Gasteiger partial charge in [-0.1, -0.05) is 6.92 Å². The third-order valence-corrected chi connectivity index (χ3v) is 2.87. The highest BCUT2D eigenvalue weighted by molar-refractivity contribution is 5.96. The van der Waals surface area contributed by atoms with E-state index in [9.17, 15) is 13.6 Å². The van der Waals surface area contributed by atoms with Crippen LogP contribution >= 0.6 is 0 Å². The van der Waals surface area contributed by atoms with Crippen molar-refractivity contribution in [2.45, 2.75) is 19.8 Å². The maximum atomic E-state index is 13.0. The lowest BCUT2D eigenvalue weighted by molar-refractivity contribution is 0.0984. The third kappa shape index (κ3) is 3.05. The molecule has 0 aliphatic carbocycles. The zero-order valence-electron chi connectivity index (χ0n) is 10.8. The van der Waals surface area contributed by atoms with Gasteiger partial charge in [0, 0.05) is 19.5 Å². The fourth-order valence-corrected chi connectivity index (χ4v) is 1.95. The molecule has 19 heavy (non-hydrogen) atoms. The van der Waals surface area contributed by atoms with E-state index in [1.54, 1.807) is 13.1 Å². The predicted octanol–water partition coefficient (Wildman–Crippen LogP) is 2.69. The topological polar surface area (TPSA) is 34.9 Å². The molecule has 0 radical (unpaired) electrons. The summed E-state index contributed by atoms with van der Waals surface area (Å²) in [5, 5.41) is 4.17. The van der Waals surface area contributed by atoms with Crippen LogP contribution in [0, 0.1) is 11.6 Å². The van der Waals surface area contributed by atoms with E-state index >= 15 is 0 Å². The van der Waals surface area contributed by atoms with E-state index in [-0.39, 0.29) is 12.2 Å². The zero-order chi connectivity index (χ0) is 14.0. The van der Waals surface area contributed by atoms with Gasteiger partial charge in [-0.2, -0.15) is 5.10 Å². The summed E-state index contributed by atoms with van der Waals surface area (Å²) in [4.78, 5) is 12.1. The third-order valence-electron chi connectivity index (χ3n) is 2.87. The van der Waals surface area contributed by atoms with Crippen molar-refractivity contribution in [2.24, 2.45) is 7.05 Å². The second-order valence-corrected chi connectivity index (χ2v) is 4.38. The van der Waals surface area contributed by atoms with E-state index in [4.69, 9.17) is 0 Å². The molecule has 2 rings (SSSR count). The van der Waals surface area contributed by atoms with Gasteiger partial charge in [-0.25, -0.2) is 8.78 Å². The van der Waals surface area contributed by atoms with Crippen molar-refractivity contribution in [1.29, 1.82) is 0 Å². The van der Waals surface area contributed by atoms with E-state index in [0.29, 0.717) is 11.3 Å². The van der Waals surface area contributed by atoms with Crippen molar-refractivity contribution in [2.75, 3.05) is 0 Å². The molecular weight excluding hydrogens is 250 g/mol. The number of Topliss-reactive ketones (excluding diaryl/α,β-unsaturated/α-hetero) is 1. The van der Waals surface area contributed by atoms with Crippen LogP contribution in [0.5, 0.6) is 0 Å². The number of hydrogen-bond acceptors (Lipinski definition) is 2. The number of halogens is 2. The lowest BCUT2D eigenvalue weighted by Crippen LogP contribution is -2.10. The van der Waals surface area contributed by atoms with Gasteiger partial charge in [-0.15, -0.1) is 0 Å². The van der Waals surface area contributed by atoms with Gasteiger partial charge < -0.3 is 0 Å². The van der Waals surface area contributed by atoms with Crippen LogP contribution in [0.15, 0.2) is 24.3 Å². The van der Waals surface area contributed by atoms with Crippen molar-refractivity contribution in [3.05, 3.63) is 52.9 Å². The smallest absolute Gasteiger partial charge is 0.185 e. The lowest BCUT2D eigenvalue weighted by Gasteiger charge is -2.02. The number of aryl methyl sites for hydroxylation is 2. The standard InChI is InChI=1S/C14H14F2N2O/c1-3-12-8-13(18(2)17-12)14(19)6-9-4-10(15)7-11(16)5-9/h4-5,7-8H,3,6H2,1-2H3. The Labute approximate surface area is 109 Å². The molecule has 1 heterocycles. The first-order valence-corrected chi connectivity index (χ1v) is 6.00. The number of hydrogen-bond donors (Lipinski definition) is 0. The summed E-state index contributed by atoms with van der Waals surface area (Å²) in [5.74, 6) is -1.57. The highest BCUT2D eigenvalue weighted by atomic mass is 19.1. The molecule has 0 bridgehead atoms. The number of nitrogens with zero attached hydrogens (tertiary/aromatic N) is 2. The average Bonchev–Trinajstić information content (AvgIpc) is 2.69. The summed E-state index contributed by atoms with van der Waals surface area (Å²) in [6.07, 6.45) is 0.688. The fourth-order valence-electron chi connectivity index (χ4n) is 1.95. The number of carbonyl (C=O) groups excluding carboxylic acids is 1. The Kier molecular flexibility index (Phi) is 3.74. The first kappa shape index (κ1) is 13.4. The number of ketones is 1. The van der Waals surface area contributed by atoms with Crippen LogP contribution in [0.2, 0.25) is 0 Å². The van der Waals surface area contributed by atoms with Crippen LogP contribution in [-0.4, -0.2) is 15.6 Å². The highest BCUT2D eigenvalue weighted by Gasteiger charge is 2.14. The molecule has 0 spiro atoms. The Hall–Kier alpha value is -2.04. The molecule has 1 aromatic heterocycles. The van der Waals surface area contributed by atoms with Gasteiger partial charge >= 0.3 is 0 Å². The molecule has 2 aromatic rings. The van der Waals surface area contributed by atoms with Gasteiger partial charge in [0.05, 0.1) is 5.69 Å². The Morgan fingerprint density at radius 2 is 1.84 bits per heavy atom. The van der Waals surface area contributed by atoms with Crippen molar-refractivity contribution in [3.63, 3.8) is 0 Å². The van der Waals surface area contributed by atoms with Gasteiger partial charge in [-0.3, -0.25) is 9.48 Å². The van der Waals surface area contributed by atoms with Gasteiger partial charge in [0.2, 0.25) is 0 Å². The maximum absolute atomic E-state index is 13.0. The van der Waals surface area contributed by atoms with E-state index in [1.165, 1.54) is 4.68 Å². The highest BCUT2D eigenvalue weighted by Crippen LogP contribution is 2.12. The van der Waals surface area contributed by atoms with E-state index in [0.717, 1.165) is 30.3 Å². The largest absolute Gasteiger partial charge is 0.292 e. The normalized spacial score (nSPS) is 10.7. The summed E-state index contributed by atoms with van der Waals surface area (Å²) in [6, 6.07) is 4.82. The first-order chi connectivity index (χ1) is 8.99. The minimum absolute atomic E-state index is 0.0443. The lowest BCUT2D eigenvalue weighted by atomic mass is 10.1. The molecule has 0 amide bonds. The number of aromatic nitrogens is 2. The molecule has 0 unspecified atom stereocenters. The van der Waals surface area contributed by atoms with Gasteiger partial charge in [0.25, 0.3) is 0 Å². The molecule has 0 aliphatic rings. The molecule has 0 atom stereocenters. The SMILES string of the molecule is CCc1cc(C(=O)Cc2cc(F)cc(F)c2)n(C)n1. The van der Waals surface area contributed by atoms with E-state index in [2.05, 4.69) is 5.10 Å². The first-order valence-electron chi connectivity index (χ1n) is 6.00. The molecule has 0 N–H and O–H groups in total. The monoisotopic (exact) mass is 264 g/mol. The Morgan fingerprint density at radius 1 is 1.21 bits per heavy atom. The summed E-state index contributed by atoms with van der Waals surface area (Å²) in [6.45, 7) is 1.94. The molecule has 0 saturated carbocycles. The summed E-state index contributed by atoms with van der Waals surface area (Å²) in [7, 11) is 1.68. The van der Waals surface area contributed by atoms with E-state index < -0.39 is 11.6 Å². The number of rotatable bonds is 4. The molecule has 0 fully saturated rings. The molecule has 100 valence electrons. The van der Waals surface area contributed by atoms with Crippen LogP contribution in [0.4, 0.5) is 8.78 Å². The zero-order valence-corrected chi connectivity index (χ0v) is 10.8. The molecule has 0 aliphatic heterocycles. The van der Waals surface area contributed by atoms with Crippen molar-refractivity contribution in [1.82, 2.24) is 9.78 Å².